The molecule has 1 aromatic heterocycles. The van der Waals surface area contributed by atoms with Crippen molar-refractivity contribution in [3.05, 3.63) is 58.4 Å². The van der Waals surface area contributed by atoms with Crippen LogP contribution in [0.3, 0.4) is 0 Å². The number of thioether (sulfide) groups is 1. The maximum atomic E-state index is 12.6. The van der Waals surface area contributed by atoms with Gasteiger partial charge in [0.15, 0.2) is 0 Å². The van der Waals surface area contributed by atoms with E-state index >= 15 is 0 Å². The zero-order valence-corrected chi connectivity index (χ0v) is 16.4. The maximum Gasteiger partial charge on any atom is 0.373 e. The molecular formula is C20H19NO6S. The third kappa shape index (κ3) is 4.45. The van der Waals surface area contributed by atoms with E-state index in [0.717, 1.165) is 28.0 Å². The van der Waals surface area contributed by atoms with Crippen molar-refractivity contribution in [3.63, 3.8) is 0 Å². The molecule has 1 saturated heterocycles. The molecule has 0 saturated carbocycles. The van der Waals surface area contributed by atoms with Gasteiger partial charge in [-0.15, -0.1) is 0 Å². The monoisotopic (exact) mass is 401 g/mol. The normalized spacial score (nSPS) is 15.6. The molecule has 1 aromatic carbocycles. The minimum absolute atomic E-state index is 0.0173. The summed E-state index contributed by atoms with van der Waals surface area (Å²) in [6, 6.07) is 10.2. The van der Waals surface area contributed by atoms with Gasteiger partial charge >= 0.3 is 5.97 Å². The second-order valence-electron chi connectivity index (χ2n) is 6.26. The predicted molar refractivity (Wildman–Crippen MR) is 104 cm³/mol. The fraction of sp³-hybridized carbons (Fsp3) is 0.250. The number of nitrogens with zero attached hydrogens (tertiary/aromatic N) is 1. The second-order valence-corrected chi connectivity index (χ2v) is 7.25. The number of hydrogen-bond acceptors (Lipinski definition) is 7. The van der Waals surface area contributed by atoms with E-state index in [0.29, 0.717) is 10.7 Å². The Morgan fingerprint density at radius 1 is 1.18 bits per heavy atom. The van der Waals surface area contributed by atoms with Crippen molar-refractivity contribution in [2.24, 2.45) is 0 Å². The first-order valence-electron chi connectivity index (χ1n) is 8.56. The third-order valence-electron chi connectivity index (χ3n) is 3.79. The Morgan fingerprint density at radius 2 is 1.89 bits per heavy atom. The molecule has 7 nitrogen and oxygen atoms in total. The standard InChI is InChI=1S/C20H19NO6S/c1-12(2)26-14-6-4-13(5-7-14)10-17-18(22)21(20(24)28-17)11-15-8-9-16(27-15)19(23)25-3/h4-10,12H,11H2,1-3H3/b17-10+. The number of ether oxygens (including phenoxy) is 2. The molecule has 0 radical (unpaired) electrons. The third-order valence-corrected chi connectivity index (χ3v) is 4.69. The molecule has 0 unspecified atom stereocenters. The van der Waals surface area contributed by atoms with Crippen LogP contribution in [0.25, 0.3) is 6.08 Å². The number of carbonyl (C=O) groups excluding carboxylic acids is 3. The zero-order valence-electron chi connectivity index (χ0n) is 15.6. The van der Waals surface area contributed by atoms with Crippen LogP contribution in [0.2, 0.25) is 0 Å². The molecule has 0 N–H and O–H groups in total. The van der Waals surface area contributed by atoms with Gasteiger partial charge < -0.3 is 13.9 Å². The number of benzene rings is 1. The highest BCUT2D eigenvalue weighted by atomic mass is 32.2. The van der Waals surface area contributed by atoms with Crippen LogP contribution in [-0.2, 0) is 16.1 Å². The first-order valence-corrected chi connectivity index (χ1v) is 9.38. The van der Waals surface area contributed by atoms with Crippen molar-refractivity contribution in [1.82, 2.24) is 4.90 Å². The molecule has 1 fully saturated rings. The van der Waals surface area contributed by atoms with E-state index in [1.807, 2.05) is 38.1 Å². The van der Waals surface area contributed by atoms with Gasteiger partial charge in [0.25, 0.3) is 11.1 Å². The molecular weight excluding hydrogens is 382 g/mol. The summed E-state index contributed by atoms with van der Waals surface area (Å²) in [7, 11) is 1.24. The van der Waals surface area contributed by atoms with Crippen LogP contribution in [0.15, 0.2) is 45.7 Å². The van der Waals surface area contributed by atoms with Crippen LogP contribution in [0.4, 0.5) is 4.79 Å². The van der Waals surface area contributed by atoms with Gasteiger partial charge in [-0.1, -0.05) is 12.1 Å². The summed E-state index contributed by atoms with van der Waals surface area (Å²) >= 11 is 0.862. The first kappa shape index (κ1) is 19.8. The number of esters is 1. The van der Waals surface area contributed by atoms with E-state index in [1.54, 1.807) is 6.08 Å². The number of rotatable bonds is 6. The van der Waals surface area contributed by atoms with Crippen LogP contribution < -0.4 is 4.74 Å². The molecule has 0 atom stereocenters. The predicted octanol–water partition coefficient (Wildman–Crippen LogP) is 4.09. The molecule has 28 heavy (non-hydrogen) atoms. The summed E-state index contributed by atoms with van der Waals surface area (Å²) in [6.07, 6.45) is 1.73. The molecule has 146 valence electrons. The summed E-state index contributed by atoms with van der Waals surface area (Å²) < 4.78 is 15.5. The molecule has 2 aromatic rings. The second kappa shape index (κ2) is 8.35. The highest BCUT2D eigenvalue weighted by molar-refractivity contribution is 8.18. The molecule has 0 bridgehead atoms. The van der Waals surface area contributed by atoms with Gasteiger partial charge in [0.1, 0.15) is 11.5 Å². The van der Waals surface area contributed by atoms with E-state index < -0.39 is 17.1 Å². The Bertz CT molecular complexity index is 928. The first-order chi connectivity index (χ1) is 13.4. The number of hydrogen-bond donors (Lipinski definition) is 0. The fourth-order valence-electron chi connectivity index (χ4n) is 2.53. The van der Waals surface area contributed by atoms with Crippen molar-refractivity contribution in [2.75, 3.05) is 7.11 Å². The molecule has 0 aliphatic carbocycles. The topological polar surface area (TPSA) is 86.0 Å². The Morgan fingerprint density at radius 3 is 2.54 bits per heavy atom. The summed E-state index contributed by atoms with van der Waals surface area (Å²) in [5.41, 5.74) is 0.785. The van der Waals surface area contributed by atoms with Gasteiger partial charge in [0.2, 0.25) is 5.76 Å². The summed E-state index contributed by atoms with van der Waals surface area (Å²) in [5, 5.41) is -0.396. The van der Waals surface area contributed by atoms with Crippen molar-refractivity contribution in [1.29, 1.82) is 0 Å². The van der Waals surface area contributed by atoms with Gasteiger partial charge in [-0.25, -0.2) is 4.79 Å². The molecule has 1 aliphatic heterocycles. The van der Waals surface area contributed by atoms with Gasteiger partial charge in [-0.3, -0.25) is 14.5 Å². The lowest BCUT2D eigenvalue weighted by Gasteiger charge is -2.10. The summed E-state index contributed by atoms with van der Waals surface area (Å²) in [5.74, 6) is 0.0426. The summed E-state index contributed by atoms with van der Waals surface area (Å²) in [6.45, 7) is 3.83. The van der Waals surface area contributed by atoms with Crippen LogP contribution in [-0.4, -0.2) is 35.2 Å². The smallest absolute Gasteiger partial charge is 0.373 e. The molecule has 8 heteroatoms. The van der Waals surface area contributed by atoms with E-state index in [-0.39, 0.29) is 18.4 Å². The number of furan rings is 1. The van der Waals surface area contributed by atoms with Crippen LogP contribution >= 0.6 is 11.8 Å². The van der Waals surface area contributed by atoms with E-state index in [1.165, 1.54) is 19.2 Å². The minimum atomic E-state index is -0.620. The highest BCUT2D eigenvalue weighted by Gasteiger charge is 2.35. The Labute approximate surface area is 166 Å². The number of carbonyl (C=O) groups is 3. The van der Waals surface area contributed by atoms with Crippen molar-refractivity contribution in [3.8, 4) is 5.75 Å². The fourth-order valence-corrected chi connectivity index (χ4v) is 3.37. The highest BCUT2D eigenvalue weighted by Crippen LogP contribution is 2.33. The molecule has 2 heterocycles. The average Bonchev–Trinajstić information content (AvgIpc) is 3.23. The van der Waals surface area contributed by atoms with Crippen LogP contribution in [0.5, 0.6) is 5.75 Å². The lowest BCUT2D eigenvalue weighted by Crippen LogP contribution is -2.27. The maximum absolute atomic E-state index is 12.6. The van der Waals surface area contributed by atoms with Crippen LogP contribution in [0, 0.1) is 0 Å². The largest absolute Gasteiger partial charge is 0.491 e. The van der Waals surface area contributed by atoms with E-state index in [9.17, 15) is 14.4 Å². The molecule has 3 rings (SSSR count). The average molecular weight is 401 g/mol. The van der Waals surface area contributed by atoms with E-state index in [2.05, 4.69) is 4.74 Å². The quantitative estimate of drug-likeness (QED) is 0.532. The number of amides is 2. The van der Waals surface area contributed by atoms with Crippen molar-refractivity contribution in [2.45, 2.75) is 26.5 Å². The Kier molecular flexibility index (Phi) is 5.89. The van der Waals surface area contributed by atoms with Crippen molar-refractivity contribution >= 4 is 35.0 Å². The number of imide groups is 1. The van der Waals surface area contributed by atoms with Gasteiger partial charge in [-0.2, -0.15) is 0 Å². The molecule has 2 amide bonds. The summed E-state index contributed by atoms with van der Waals surface area (Å²) in [4.78, 5) is 37.7. The van der Waals surface area contributed by atoms with Gasteiger partial charge in [0.05, 0.1) is 24.7 Å². The minimum Gasteiger partial charge on any atom is -0.491 e. The molecule has 1 aliphatic rings. The van der Waals surface area contributed by atoms with Gasteiger partial charge in [0, 0.05) is 0 Å². The lowest BCUT2D eigenvalue weighted by atomic mass is 10.2. The molecule has 0 spiro atoms. The zero-order chi connectivity index (χ0) is 20.3. The Balaban J connectivity index is 1.71. The van der Waals surface area contributed by atoms with E-state index in [4.69, 9.17) is 9.15 Å². The van der Waals surface area contributed by atoms with Crippen molar-refractivity contribution < 1.29 is 28.3 Å². The lowest BCUT2D eigenvalue weighted by molar-refractivity contribution is -0.123. The van der Waals surface area contributed by atoms with Crippen LogP contribution in [0.1, 0.15) is 35.7 Å². The number of methoxy groups -OCH3 is 1. The SMILES string of the molecule is COC(=O)c1ccc(CN2C(=O)S/C(=C/c3ccc(OC(C)C)cc3)C2=O)o1. The van der Waals surface area contributed by atoms with Gasteiger partial charge in [-0.05, 0) is 61.5 Å². The Hall–Kier alpha value is -3.00.